The molecule has 1 aliphatic heterocycles. The number of amides is 1. The first-order valence-electron chi connectivity index (χ1n) is 11.7. The minimum Gasteiger partial charge on any atom is -0.449 e. The Morgan fingerprint density at radius 3 is 2.24 bits per heavy atom. The Bertz CT molecular complexity index is 1060. The molecule has 3 aromatic rings. The van der Waals surface area contributed by atoms with Gasteiger partial charge in [0.15, 0.2) is 0 Å². The van der Waals surface area contributed by atoms with Gasteiger partial charge in [0, 0.05) is 44.1 Å². The van der Waals surface area contributed by atoms with Crippen molar-refractivity contribution in [2.75, 3.05) is 26.3 Å². The van der Waals surface area contributed by atoms with E-state index in [4.69, 9.17) is 4.74 Å². The van der Waals surface area contributed by atoms with Crippen molar-refractivity contribution in [1.82, 2.24) is 10.2 Å². The number of ether oxygens (including phenoxy) is 1. The van der Waals surface area contributed by atoms with Gasteiger partial charge in [-0.2, -0.15) is 0 Å². The first-order valence-corrected chi connectivity index (χ1v) is 11.7. The van der Waals surface area contributed by atoms with Gasteiger partial charge in [-0.25, -0.2) is 4.79 Å². The number of likely N-dealkylation sites (tertiary alicyclic amines) is 1. The Kier molecular flexibility index (Phi) is 6.42. The van der Waals surface area contributed by atoms with Crippen LogP contribution in [0, 0.1) is 5.92 Å². The zero-order valence-electron chi connectivity index (χ0n) is 18.7. The SMILES string of the molecule is O=C(N[C@@H]1CCN(Cc2ccccc2)C[C@H]1CO)OCC1c2ccccc2-c2ccccc21. The van der Waals surface area contributed by atoms with Crippen molar-refractivity contribution in [3.8, 4) is 11.1 Å². The summed E-state index contributed by atoms with van der Waals surface area (Å²) in [5.74, 6) is 0.0347. The average molecular weight is 443 g/mol. The Morgan fingerprint density at radius 2 is 1.58 bits per heavy atom. The van der Waals surface area contributed by atoms with Crippen molar-refractivity contribution in [1.29, 1.82) is 0 Å². The fourth-order valence-electron chi connectivity index (χ4n) is 5.26. The number of aliphatic hydroxyl groups is 1. The van der Waals surface area contributed by atoms with Crippen LogP contribution >= 0.6 is 0 Å². The zero-order valence-corrected chi connectivity index (χ0v) is 18.7. The highest BCUT2D eigenvalue weighted by molar-refractivity contribution is 5.79. The topological polar surface area (TPSA) is 61.8 Å². The molecule has 5 rings (SSSR count). The summed E-state index contributed by atoms with van der Waals surface area (Å²) in [6.45, 7) is 2.82. The van der Waals surface area contributed by atoms with E-state index in [1.165, 1.54) is 27.8 Å². The Hall–Kier alpha value is -3.15. The lowest BCUT2D eigenvalue weighted by Crippen LogP contribution is -2.52. The lowest BCUT2D eigenvalue weighted by Gasteiger charge is -2.38. The van der Waals surface area contributed by atoms with Crippen LogP contribution in [0.2, 0.25) is 0 Å². The zero-order chi connectivity index (χ0) is 22.6. The molecule has 3 aromatic carbocycles. The van der Waals surface area contributed by atoms with Crippen molar-refractivity contribution >= 4 is 6.09 Å². The highest BCUT2D eigenvalue weighted by atomic mass is 16.5. The second kappa shape index (κ2) is 9.77. The third-order valence-electron chi connectivity index (χ3n) is 6.95. The Balaban J connectivity index is 1.18. The molecule has 2 atom stereocenters. The minimum absolute atomic E-state index is 0.0112. The number of hydrogen-bond donors (Lipinski definition) is 2. The summed E-state index contributed by atoms with van der Waals surface area (Å²) in [7, 11) is 0. The fourth-order valence-corrected chi connectivity index (χ4v) is 5.26. The fraction of sp³-hybridized carbons (Fsp3) is 0.321. The van der Waals surface area contributed by atoms with E-state index in [0.29, 0.717) is 6.61 Å². The summed E-state index contributed by atoms with van der Waals surface area (Å²) in [6.07, 6.45) is 0.388. The molecule has 1 aliphatic carbocycles. The lowest BCUT2D eigenvalue weighted by molar-refractivity contribution is 0.0770. The lowest BCUT2D eigenvalue weighted by atomic mass is 9.92. The van der Waals surface area contributed by atoms with Gasteiger partial charge in [-0.1, -0.05) is 78.9 Å². The largest absolute Gasteiger partial charge is 0.449 e. The average Bonchev–Trinajstić information content (AvgIpc) is 3.18. The predicted molar refractivity (Wildman–Crippen MR) is 129 cm³/mol. The monoisotopic (exact) mass is 442 g/mol. The summed E-state index contributed by atoms with van der Waals surface area (Å²) in [5, 5.41) is 13.0. The third kappa shape index (κ3) is 4.65. The third-order valence-corrected chi connectivity index (χ3v) is 6.95. The molecule has 2 N–H and O–H groups in total. The first-order chi connectivity index (χ1) is 16.2. The first kappa shape index (κ1) is 21.7. The minimum atomic E-state index is -0.406. The van der Waals surface area contributed by atoms with Gasteiger partial charge in [-0.3, -0.25) is 4.90 Å². The van der Waals surface area contributed by atoms with Gasteiger partial charge < -0.3 is 15.2 Å². The van der Waals surface area contributed by atoms with Gasteiger partial charge in [0.25, 0.3) is 0 Å². The van der Waals surface area contributed by atoms with E-state index >= 15 is 0 Å². The molecule has 0 spiro atoms. The van der Waals surface area contributed by atoms with Crippen LogP contribution in [0.25, 0.3) is 11.1 Å². The number of carbonyl (C=O) groups is 1. The molecule has 2 aliphatic rings. The van der Waals surface area contributed by atoms with Crippen LogP contribution in [0.1, 0.15) is 29.0 Å². The van der Waals surface area contributed by atoms with Crippen molar-refractivity contribution in [2.24, 2.45) is 5.92 Å². The van der Waals surface area contributed by atoms with Gasteiger partial charge >= 0.3 is 6.09 Å². The maximum absolute atomic E-state index is 12.7. The normalized spacial score (nSPS) is 20.2. The molecule has 0 aromatic heterocycles. The van der Waals surface area contributed by atoms with Crippen LogP contribution in [0.3, 0.4) is 0 Å². The van der Waals surface area contributed by atoms with Crippen molar-refractivity contribution in [2.45, 2.75) is 24.9 Å². The van der Waals surface area contributed by atoms with E-state index in [9.17, 15) is 9.90 Å². The number of aliphatic hydroxyl groups excluding tert-OH is 1. The maximum Gasteiger partial charge on any atom is 0.407 e. The molecule has 0 unspecified atom stereocenters. The van der Waals surface area contributed by atoms with E-state index in [1.807, 2.05) is 42.5 Å². The smallest absolute Gasteiger partial charge is 0.407 e. The summed E-state index contributed by atoms with van der Waals surface area (Å²) in [4.78, 5) is 15.0. The standard InChI is InChI=1S/C28H30N2O3/c31-18-21-17-30(16-20-8-2-1-3-9-20)15-14-27(21)29-28(32)33-19-26-24-12-6-4-10-22(24)23-11-5-7-13-25(23)26/h1-13,21,26-27,31H,14-19H2,(H,29,32)/t21-,27+/m0/s1. The van der Waals surface area contributed by atoms with Gasteiger partial charge in [0.1, 0.15) is 6.61 Å². The highest BCUT2D eigenvalue weighted by Crippen LogP contribution is 2.44. The van der Waals surface area contributed by atoms with Gasteiger partial charge in [0.2, 0.25) is 0 Å². The second-order valence-electron chi connectivity index (χ2n) is 9.03. The van der Waals surface area contributed by atoms with E-state index in [-0.39, 0.29) is 24.5 Å². The molecule has 5 heteroatoms. The summed E-state index contributed by atoms with van der Waals surface area (Å²) in [6, 6.07) is 26.9. The van der Waals surface area contributed by atoms with Crippen LogP contribution in [0.15, 0.2) is 78.9 Å². The predicted octanol–water partition coefficient (Wildman–Crippen LogP) is 4.41. The molecule has 1 heterocycles. The van der Waals surface area contributed by atoms with E-state index < -0.39 is 6.09 Å². The number of nitrogens with zero attached hydrogens (tertiary/aromatic N) is 1. The molecular weight excluding hydrogens is 412 g/mol. The molecule has 0 bridgehead atoms. The second-order valence-corrected chi connectivity index (χ2v) is 9.03. The van der Waals surface area contributed by atoms with E-state index in [0.717, 1.165) is 26.1 Å². The number of alkyl carbamates (subject to hydrolysis) is 1. The van der Waals surface area contributed by atoms with E-state index in [1.54, 1.807) is 0 Å². The van der Waals surface area contributed by atoms with Crippen molar-refractivity contribution in [3.63, 3.8) is 0 Å². The van der Waals surface area contributed by atoms with Crippen LogP contribution in [-0.2, 0) is 11.3 Å². The number of piperidine rings is 1. The van der Waals surface area contributed by atoms with Gasteiger partial charge in [-0.15, -0.1) is 0 Å². The van der Waals surface area contributed by atoms with Crippen molar-refractivity contribution < 1.29 is 14.6 Å². The van der Waals surface area contributed by atoms with Gasteiger partial charge in [0.05, 0.1) is 0 Å². The molecule has 33 heavy (non-hydrogen) atoms. The molecule has 0 radical (unpaired) electrons. The summed E-state index contributed by atoms with van der Waals surface area (Å²) >= 11 is 0. The number of fused-ring (bicyclic) bond motifs is 3. The quantitative estimate of drug-likeness (QED) is 0.594. The van der Waals surface area contributed by atoms with Crippen molar-refractivity contribution in [3.05, 3.63) is 95.6 Å². The van der Waals surface area contributed by atoms with Crippen LogP contribution in [0.5, 0.6) is 0 Å². The molecule has 0 saturated carbocycles. The van der Waals surface area contributed by atoms with Crippen LogP contribution < -0.4 is 5.32 Å². The number of benzene rings is 3. The molecule has 5 nitrogen and oxygen atoms in total. The number of carbonyl (C=O) groups excluding carboxylic acids is 1. The number of nitrogens with one attached hydrogen (secondary N) is 1. The Labute approximate surface area is 195 Å². The number of hydrogen-bond acceptors (Lipinski definition) is 4. The van der Waals surface area contributed by atoms with Gasteiger partial charge in [-0.05, 0) is 34.2 Å². The maximum atomic E-state index is 12.7. The number of rotatable bonds is 6. The molecular formula is C28H30N2O3. The molecule has 1 amide bonds. The van der Waals surface area contributed by atoms with Crippen LogP contribution in [-0.4, -0.2) is 48.4 Å². The molecule has 1 fully saturated rings. The summed E-state index contributed by atoms with van der Waals surface area (Å²) < 4.78 is 5.71. The molecule has 170 valence electrons. The van der Waals surface area contributed by atoms with Crippen LogP contribution in [0.4, 0.5) is 4.79 Å². The van der Waals surface area contributed by atoms with E-state index in [2.05, 4.69) is 46.6 Å². The Morgan fingerprint density at radius 1 is 0.939 bits per heavy atom. The highest BCUT2D eigenvalue weighted by Gasteiger charge is 2.32. The summed E-state index contributed by atoms with van der Waals surface area (Å²) in [5.41, 5.74) is 6.10. The molecule has 1 saturated heterocycles.